The van der Waals surface area contributed by atoms with Gasteiger partial charge in [-0.3, -0.25) is 4.79 Å². The number of anilines is 1. The van der Waals surface area contributed by atoms with Gasteiger partial charge in [-0.05, 0) is 37.1 Å². The lowest BCUT2D eigenvalue weighted by molar-refractivity contribution is -0.109. The molecular formula is C29H32ClN5O4. The number of piperidine rings is 1. The van der Waals surface area contributed by atoms with Crippen LogP contribution in [0.2, 0.25) is 5.02 Å². The summed E-state index contributed by atoms with van der Waals surface area (Å²) in [4.78, 5) is 28.0. The van der Waals surface area contributed by atoms with Gasteiger partial charge >= 0.3 is 0 Å². The van der Waals surface area contributed by atoms with E-state index in [2.05, 4.69) is 25.2 Å². The molecule has 0 amide bonds. The summed E-state index contributed by atoms with van der Waals surface area (Å²) >= 11 is 6.55. The molecule has 4 aromatic rings. The molecule has 0 atom stereocenters. The van der Waals surface area contributed by atoms with Crippen molar-refractivity contribution in [2.75, 3.05) is 39.2 Å². The van der Waals surface area contributed by atoms with E-state index in [9.17, 15) is 4.79 Å². The van der Waals surface area contributed by atoms with E-state index in [1.807, 2.05) is 30.3 Å². The van der Waals surface area contributed by atoms with Crippen molar-refractivity contribution < 1.29 is 19.0 Å². The Morgan fingerprint density at radius 1 is 1.08 bits per heavy atom. The average molecular weight is 550 g/mol. The molecule has 0 aliphatic carbocycles. The van der Waals surface area contributed by atoms with E-state index in [1.54, 1.807) is 38.6 Å². The standard InChI is InChI=1S/C29H32ClN5O4/c1-37-25(38-2)12-15-35-13-10-19(11-14-35)34-29-26-23(17-31-28(26)32-18-33-29)27(36)22-9-8-21(16-24(22)30)39-20-6-4-3-5-7-20/h3-9,16-19,25H,10-15H2,1-2H3,(H2,31,32,33,34). The fourth-order valence-electron chi connectivity index (χ4n) is 4.88. The number of nitrogens with one attached hydrogen (secondary N) is 2. The number of ketones is 1. The van der Waals surface area contributed by atoms with Crippen molar-refractivity contribution >= 4 is 34.2 Å². The minimum Gasteiger partial charge on any atom is -0.457 e. The maximum Gasteiger partial charge on any atom is 0.196 e. The second-order valence-corrected chi connectivity index (χ2v) is 9.89. The number of nitrogens with zero attached hydrogens (tertiary/aromatic N) is 3. The van der Waals surface area contributed by atoms with Gasteiger partial charge in [0.05, 0.1) is 16.0 Å². The molecule has 1 aliphatic rings. The molecule has 1 fully saturated rings. The minimum atomic E-state index is -0.212. The first-order chi connectivity index (χ1) is 19.1. The zero-order valence-electron chi connectivity index (χ0n) is 22.0. The van der Waals surface area contributed by atoms with Gasteiger partial charge < -0.3 is 29.4 Å². The first kappa shape index (κ1) is 27.1. The number of H-pyrrole nitrogens is 1. The molecule has 2 aromatic carbocycles. The second kappa shape index (κ2) is 12.6. The van der Waals surface area contributed by atoms with Gasteiger partial charge in [0.1, 0.15) is 29.3 Å². The van der Waals surface area contributed by atoms with Crippen molar-refractivity contribution in [1.29, 1.82) is 0 Å². The molecule has 2 N–H and O–H groups in total. The fourth-order valence-corrected chi connectivity index (χ4v) is 5.14. The van der Waals surface area contributed by atoms with Crippen molar-refractivity contribution in [2.45, 2.75) is 31.6 Å². The lowest BCUT2D eigenvalue weighted by atomic mass is 10.0. The summed E-state index contributed by atoms with van der Waals surface area (Å²) in [6.45, 7) is 2.83. The highest BCUT2D eigenvalue weighted by Gasteiger charge is 2.24. The van der Waals surface area contributed by atoms with Crippen LogP contribution in [0.15, 0.2) is 61.1 Å². The zero-order valence-corrected chi connectivity index (χ0v) is 22.8. The van der Waals surface area contributed by atoms with Gasteiger partial charge in [0.2, 0.25) is 0 Å². The van der Waals surface area contributed by atoms with E-state index in [-0.39, 0.29) is 18.1 Å². The SMILES string of the molecule is COC(CCN1CCC(Nc2ncnc3[nH]cc(C(=O)c4ccc(Oc5ccccc5)cc4Cl)c23)CC1)OC. The molecular weight excluding hydrogens is 518 g/mol. The Hall–Kier alpha value is -3.50. The summed E-state index contributed by atoms with van der Waals surface area (Å²) in [5.74, 6) is 1.67. The Morgan fingerprint density at radius 2 is 1.85 bits per heavy atom. The van der Waals surface area contributed by atoms with Crippen LogP contribution in [0.5, 0.6) is 11.5 Å². The van der Waals surface area contributed by atoms with E-state index in [4.69, 9.17) is 25.8 Å². The van der Waals surface area contributed by atoms with Crippen molar-refractivity contribution in [1.82, 2.24) is 19.9 Å². The molecule has 9 nitrogen and oxygen atoms in total. The third-order valence-electron chi connectivity index (χ3n) is 7.01. The van der Waals surface area contributed by atoms with Crippen LogP contribution in [-0.4, -0.2) is 71.8 Å². The van der Waals surface area contributed by atoms with Crippen LogP contribution < -0.4 is 10.1 Å². The smallest absolute Gasteiger partial charge is 0.196 e. The zero-order chi connectivity index (χ0) is 27.2. The van der Waals surface area contributed by atoms with Crippen LogP contribution in [0.1, 0.15) is 35.2 Å². The van der Waals surface area contributed by atoms with Crippen LogP contribution in [0.4, 0.5) is 5.82 Å². The average Bonchev–Trinajstić information content (AvgIpc) is 3.40. The van der Waals surface area contributed by atoms with Gasteiger partial charge in [0, 0.05) is 64.1 Å². The summed E-state index contributed by atoms with van der Waals surface area (Å²) in [6, 6.07) is 14.7. The molecule has 0 bridgehead atoms. The van der Waals surface area contributed by atoms with Gasteiger partial charge in [0.25, 0.3) is 0 Å². The molecule has 0 spiro atoms. The number of aromatic amines is 1. The molecule has 1 saturated heterocycles. The monoisotopic (exact) mass is 549 g/mol. The predicted molar refractivity (Wildman–Crippen MR) is 151 cm³/mol. The highest BCUT2D eigenvalue weighted by Crippen LogP contribution is 2.32. The Bertz CT molecular complexity index is 1400. The Kier molecular flexibility index (Phi) is 8.73. The number of para-hydroxylation sites is 1. The number of carbonyl (C=O) groups is 1. The van der Waals surface area contributed by atoms with Crippen LogP contribution in [-0.2, 0) is 9.47 Å². The van der Waals surface area contributed by atoms with E-state index in [0.717, 1.165) is 38.9 Å². The topological polar surface area (TPSA) is 102 Å². The number of rotatable bonds is 11. The highest BCUT2D eigenvalue weighted by molar-refractivity contribution is 6.35. The molecule has 1 aliphatic heterocycles. The summed E-state index contributed by atoms with van der Waals surface area (Å²) in [5.41, 5.74) is 1.44. The van der Waals surface area contributed by atoms with Crippen molar-refractivity contribution in [3.8, 4) is 11.5 Å². The van der Waals surface area contributed by atoms with E-state index in [1.165, 1.54) is 6.33 Å². The number of carbonyl (C=O) groups excluding carboxylic acids is 1. The fraction of sp³-hybridized carbons (Fsp3) is 0.345. The summed E-state index contributed by atoms with van der Waals surface area (Å²) in [6.07, 6.45) is 5.73. The number of benzene rings is 2. The number of methoxy groups -OCH3 is 2. The minimum absolute atomic E-state index is 0.180. The number of likely N-dealkylation sites (tertiary alicyclic amines) is 1. The van der Waals surface area contributed by atoms with Gasteiger partial charge in [-0.2, -0.15) is 0 Å². The molecule has 0 saturated carbocycles. The van der Waals surface area contributed by atoms with Gasteiger partial charge in [-0.15, -0.1) is 0 Å². The molecule has 39 heavy (non-hydrogen) atoms. The van der Waals surface area contributed by atoms with E-state index < -0.39 is 0 Å². The number of ether oxygens (including phenoxy) is 3. The first-order valence-corrected chi connectivity index (χ1v) is 13.4. The molecule has 10 heteroatoms. The highest BCUT2D eigenvalue weighted by atomic mass is 35.5. The predicted octanol–water partition coefficient (Wildman–Crippen LogP) is 5.52. The Morgan fingerprint density at radius 3 is 2.56 bits per heavy atom. The molecule has 204 valence electrons. The molecule has 3 heterocycles. The molecule has 2 aromatic heterocycles. The number of fused-ring (bicyclic) bond motifs is 1. The molecule has 0 unspecified atom stereocenters. The van der Waals surface area contributed by atoms with Crippen LogP contribution in [0.25, 0.3) is 11.0 Å². The molecule has 0 radical (unpaired) electrons. The van der Waals surface area contributed by atoms with E-state index in [0.29, 0.717) is 44.5 Å². The summed E-state index contributed by atoms with van der Waals surface area (Å²) < 4.78 is 16.5. The van der Waals surface area contributed by atoms with Crippen molar-refractivity contribution in [2.24, 2.45) is 0 Å². The van der Waals surface area contributed by atoms with Gasteiger partial charge in [0.15, 0.2) is 12.1 Å². The Labute approximate surface area is 232 Å². The van der Waals surface area contributed by atoms with Crippen LogP contribution >= 0.6 is 11.6 Å². The Balaban J connectivity index is 1.29. The van der Waals surface area contributed by atoms with E-state index >= 15 is 0 Å². The van der Waals surface area contributed by atoms with Crippen LogP contribution in [0, 0.1) is 0 Å². The number of hydrogen-bond acceptors (Lipinski definition) is 8. The van der Waals surface area contributed by atoms with Crippen LogP contribution in [0.3, 0.4) is 0 Å². The summed E-state index contributed by atoms with van der Waals surface area (Å²) in [7, 11) is 3.33. The maximum absolute atomic E-state index is 13.6. The van der Waals surface area contributed by atoms with Gasteiger partial charge in [-0.25, -0.2) is 9.97 Å². The number of aromatic nitrogens is 3. The number of hydrogen-bond donors (Lipinski definition) is 2. The lowest BCUT2D eigenvalue weighted by Crippen LogP contribution is -2.40. The normalized spacial score (nSPS) is 14.7. The largest absolute Gasteiger partial charge is 0.457 e. The first-order valence-electron chi connectivity index (χ1n) is 13.0. The third-order valence-corrected chi connectivity index (χ3v) is 7.33. The third kappa shape index (κ3) is 6.39. The van der Waals surface area contributed by atoms with Gasteiger partial charge in [-0.1, -0.05) is 29.8 Å². The maximum atomic E-state index is 13.6. The van der Waals surface area contributed by atoms with Crippen molar-refractivity contribution in [3.05, 3.63) is 77.2 Å². The van der Waals surface area contributed by atoms with Crippen molar-refractivity contribution in [3.63, 3.8) is 0 Å². The molecule has 5 rings (SSSR count). The lowest BCUT2D eigenvalue weighted by Gasteiger charge is -2.33. The summed E-state index contributed by atoms with van der Waals surface area (Å²) in [5, 5.41) is 4.53. The second-order valence-electron chi connectivity index (χ2n) is 9.48. The quantitative estimate of drug-likeness (QED) is 0.186. The number of halogens is 1.